The predicted octanol–water partition coefficient (Wildman–Crippen LogP) is 1.62. The van der Waals surface area contributed by atoms with E-state index >= 15 is 0 Å². The predicted molar refractivity (Wildman–Crippen MR) is 68.6 cm³/mol. The van der Waals surface area contributed by atoms with Crippen LogP contribution in [0.15, 0.2) is 30.9 Å². The summed E-state index contributed by atoms with van der Waals surface area (Å²) in [4.78, 5) is 11.6. The molecule has 0 amide bonds. The van der Waals surface area contributed by atoms with Gasteiger partial charge in [0, 0.05) is 42.0 Å². The zero-order valence-corrected chi connectivity index (χ0v) is 9.85. The lowest BCUT2D eigenvalue weighted by molar-refractivity contribution is 0.709. The van der Waals surface area contributed by atoms with E-state index in [2.05, 4.69) is 27.2 Å². The Labute approximate surface area is 100 Å². The second-order valence-electron chi connectivity index (χ2n) is 4.02. The van der Waals surface area contributed by atoms with E-state index in [1.165, 1.54) is 0 Å². The Morgan fingerprint density at radius 3 is 2.71 bits per heavy atom. The van der Waals surface area contributed by atoms with Gasteiger partial charge in [-0.3, -0.25) is 0 Å². The summed E-state index contributed by atoms with van der Waals surface area (Å²) in [6.07, 6.45) is 8.33. The van der Waals surface area contributed by atoms with Crippen molar-refractivity contribution in [1.29, 1.82) is 0 Å². The Hall–Kier alpha value is -1.88. The molecule has 2 heterocycles. The van der Waals surface area contributed by atoms with E-state index in [-0.39, 0.29) is 6.04 Å². The number of nitrogens with two attached hydrogens (primary N) is 1. The summed E-state index contributed by atoms with van der Waals surface area (Å²) < 4.78 is 0. The largest absolute Gasteiger partial charge is 0.367 e. The molecule has 0 radical (unpaired) electrons. The van der Waals surface area contributed by atoms with E-state index in [0.29, 0.717) is 12.5 Å². The third kappa shape index (κ3) is 3.04. The van der Waals surface area contributed by atoms with Crippen LogP contribution < -0.4 is 11.1 Å². The fourth-order valence-electron chi connectivity index (χ4n) is 1.60. The molecule has 2 rings (SSSR count). The summed E-state index contributed by atoms with van der Waals surface area (Å²) in [5.74, 6) is 0.644. The molecule has 0 aliphatic rings. The van der Waals surface area contributed by atoms with Gasteiger partial charge in [-0.1, -0.05) is 0 Å². The highest BCUT2D eigenvalue weighted by Crippen LogP contribution is 2.16. The third-order valence-corrected chi connectivity index (χ3v) is 2.56. The van der Waals surface area contributed by atoms with Crippen molar-refractivity contribution in [3.05, 3.63) is 30.9 Å². The maximum Gasteiger partial charge on any atom is 0.222 e. The highest BCUT2D eigenvalue weighted by Gasteiger charge is 2.04. The quantitative estimate of drug-likeness (QED) is 0.730. The fourth-order valence-corrected chi connectivity index (χ4v) is 1.60. The summed E-state index contributed by atoms with van der Waals surface area (Å²) in [6.45, 7) is 2.73. The van der Waals surface area contributed by atoms with Crippen molar-refractivity contribution in [2.24, 2.45) is 5.73 Å². The van der Waals surface area contributed by atoms with Gasteiger partial charge in [0.1, 0.15) is 0 Å². The Bertz CT molecular complexity index is 434. The summed E-state index contributed by atoms with van der Waals surface area (Å²) in [5, 5.41) is 3.21. The van der Waals surface area contributed by atoms with Crippen LogP contribution in [0, 0.1) is 0 Å². The Morgan fingerprint density at radius 2 is 2.12 bits per heavy atom. The first-order valence-corrected chi connectivity index (χ1v) is 5.71. The molecule has 2 aromatic heterocycles. The smallest absolute Gasteiger partial charge is 0.222 e. The Balaban J connectivity index is 2.03. The van der Waals surface area contributed by atoms with Crippen LogP contribution in [0.5, 0.6) is 0 Å². The minimum Gasteiger partial charge on any atom is -0.367 e. The van der Waals surface area contributed by atoms with Crippen LogP contribution in [-0.4, -0.2) is 27.5 Å². The van der Waals surface area contributed by atoms with Crippen molar-refractivity contribution in [3.8, 4) is 11.1 Å². The molecule has 0 bridgehead atoms. The molecule has 90 valence electrons. The van der Waals surface area contributed by atoms with Crippen molar-refractivity contribution >= 4 is 5.95 Å². The average Bonchev–Trinajstić information content (AvgIpc) is 2.84. The number of anilines is 1. The SMILES string of the molecule is CC(CCN)Nc1ncc(-c2cc[nH]c2)cn1. The molecule has 1 unspecified atom stereocenters. The molecule has 0 spiro atoms. The van der Waals surface area contributed by atoms with Gasteiger partial charge in [0.05, 0.1) is 0 Å². The van der Waals surface area contributed by atoms with Crippen molar-refractivity contribution in [3.63, 3.8) is 0 Å². The second-order valence-corrected chi connectivity index (χ2v) is 4.02. The maximum absolute atomic E-state index is 5.49. The van der Waals surface area contributed by atoms with E-state index in [1.807, 2.05) is 30.9 Å². The first kappa shape index (κ1) is 11.6. The number of rotatable bonds is 5. The van der Waals surface area contributed by atoms with Crippen molar-refractivity contribution in [2.45, 2.75) is 19.4 Å². The molecule has 1 atom stereocenters. The maximum atomic E-state index is 5.49. The molecule has 5 nitrogen and oxygen atoms in total. The van der Waals surface area contributed by atoms with Crippen LogP contribution in [0.3, 0.4) is 0 Å². The zero-order valence-electron chi connectivity index (χ0n) is 9.85. The minimum absolute atomic E-state index is 0.290. The van der Waals surface area contributed by atoms with Crippen LogP contribution in [-0.2, 0) is 0 Å². The molecule has 0 aliphatic carbocycles. The highest BCUT2D eigenvalue weighted by molar-refractivity contribution is 5.60. The molecule has 0 aliphatic heterocycles. The zero-order chi connectivity index (χ0) is 12.1. The van der Waals surface area contributed by atoms with Crippen LogP contribution in [0.1, 0.15) is 13.3 Å². The van der Waals surface area contributed by atoms with Crippen LogP contribution in [0.25, 0.3) is 11.1 Å². The number of nitrogens with zero attached hydrogens (tertiary/aromatic N) is 2. The van der Waals surface area contributed by atoms with Gasteiger partial charge in [0.2, 0.25) is 5.95 Å². The van der Waals surface area contributed by atoms with Gasteiger partial charge in [-0.05, 0) is 26.0 Å². The molecule has 17 heavy (non-hydrogen) atoms. The van der Waals surface area contributed by atoms with Gasteiger partial charge in [-0.2, -0.15) is 0 Å². The lowest BCUT2D eigenvalue weighted by Crippen LogP contribution is -2.20. The molecule has 0 fully saturated rings. The van der Waals surface area contributed by atoms with E-state index in [9.17, 15) is 0 Å². The van der Waals surface area contributed by atoms with Gasteiger partial charge in [0.25, 0.3) is 0 Å². The number of aromatic amines is 1. The van der Waals surface area contributed by atoms with Gasteiger partial charge >= 0.3 is 0 Å². The summed E-state index contributed by atoms with van der Waals surface area (Å²) in [7, 11) is 0. The van der Waals surface area contributed by atoms with Gasteiger partial charge < -0.3 is 16.0 Å². The van der Waals surface area contributed by atoms with Gasteiger partial charge in [-0.15, -0.1) is 0 Å². The van der Waals surface area contributed by atoms with Crippen LogP contribution in [0.4, 0.5) is 5.95 Å². The number of hydrogen-bond acceptors (Lipinski definition) is 4. The molecular formula is C12H17N5. The number of H-pyrrole nitrogens is 1. The minimum atomic E-state index is 0.290. The van der Waals surface area contributed by atoms with E-state index in [0.717, 1.165) is 17.5 Å². The van der Waals surface area contributed by atoms with Crippen molar-refractivity contribution in [1.82, 2.24) is 15.0 Å². The van der Waals surface area contributed by atoms with Crippen molar-refractivity contribution < 1.29 is 0 Å². The topological polar surface area (TPSA) is 79.6 Å². The molecular weight excluding hydrogens is 214 g/mol. The van der Waals surface area contributed by atoms with Crippen LogP contribution in [0.2, 0.25) is 0 Å². The number of aromatic nitrogens is 3. The third-order valence-electron chi connectivity index (χ3n) is 2.56. The molecule has 4 N–H and O–H groups in total. The molecule has 5 heteroatoms. The highest BCUT2D eigenvalue weighted by atomic mass is 15.1. The van der Waals surface area contributed by atoms with Crippen molar-refractivity contribution in [2.75, 3.05) is 11.9 Å². The lowest BCUT2D eigenvalue weighted by Gasteiger charge is -2.12. The molecule has 2 aromatic rings. The van der Waals surface area contributed by atoms with Crippen LogP contribution >= 0.6 is 0 Å². The second kappa shape index (κ2) is 5.45. The number of nitrogens with one attached hydrogen (secondary N) is 2. The first-order valence-electron chi connectivity index (χ1n) is 5.71. The van der Waals surface area contributed by atoms with E-state index < -0.39 is 0 Å². The average molecular weight is 231 g/mol. The summed E-state index contributed by atoms with van der Waals surface area (Å²) >= 11 is 0. The molecule has 0 aromatic carbocycles. The molecule has 0 saturated carbocycles. The Morgan fingerprint density at radius 1 is 1.35 bits per heavy atom. The Kier molecular flexibility index (Phi) is 3.72. The van der Waals surface area contributed by atoms with Gasteiger partial charge in [0.15, 0.2) is 0 Å². The lowest BCUT2D eigenvalue weighted by atomic mass is 10.2. The fraction of sp³-hybridized carbons (Fsp3) is 0.333. The normalized spacial score (nSPS) is 12.4. The number of hydrogen-bond donors (Lipinski definition) is 3. The summed E-state index contributed by atoms with van der Waals surface area (Å²) in [6, 6.07) is 2.28. The monoisotopic (exact) mass is 231 g/mol. The van der Waals surface area contributed by atoms with E-state index in [1.54, 1.807) is 0 Å². The first-order chi connectivity index (χ1) is 8.29. The standard InChI is InChI=1S/C12H17N5/c1-9(2-4-13)17-12-15-7-11(8-16-12)10-3-5-14-6-10/h3,5-9,14H,2,4,13H2,1H3,(H,15,16,17). The molecule has 0 saturated heterocycles. The summed E-state index contributed by atoms with van der Waals surface area (Å²) in [5.41, 5.74) is 7.58. The van der Waals surface area contributed by atoms with Gasteiger partial charge in [-0.25, -0.2) is 9.97 Å². The van der Waals surface area contributed by atoms with E-state index in [4.69, 9.17) is 5.73 Å².